The Labute approximate surface area is 115 Å². The molecule has 3 nitrogen and oxygen atoms in total. The van der Waals surface area contributed by atoms with E-state index in [1.54, 1.807) is 0 Å². The Morgan fingerprint density at radius 1 is 1.56 bits per heavy atom. The lowest BCUT2D eigenvalue weighted by molar-refractivity contribution is -0.127. The summed E-state index contributed by atoms with van der Waals surface area (Å²) in [6.07, 6.45) is 1.72. The number of halogens is 1. The van der Waals surface area contributed by atoms with E-state index in [0.717, 1.165) is 29.5 Å². The SMILES string of the molecule is N#CC(C(=O)C1CCCOC1)c1cccc(Br)c1. The van der Waals surface area contributed by atoms with Gasteiger partial charge in [-0.15, -0.1) is 0 Å². The highest BCUT2D eigenvalue weighted by Gasteiger charge is 2.29. The normalized spacial score (nSPS) is 21.0. The molecule has 1 heterocycles. The molecule has 1 aliphatic rings. The summed E-state index contributed by atoms with van der Waals surface area (Å²) in [7, 11) is 0. The number of ether oxygens (including phenoxy) is 1. The van der Waals surface area contributed by atoms with Crippen molar-refractivity contribution in [2.24, 2.45) is 5.92 Å². The fraction of sp³-hybridized carbons (Fsp3) is 0.429. The Hall–Kier alpha value is -1.18. The van der Waals surface area contributed by atoms with Crippen molar-refractivity contribution in [1.82, 2.24) is 0 Å². The molecule has 0 saturated carbocycles. The lowest BCUT2D eigenvalue weighted by atomic mass is 9.86. The third-order valence-corrected chi connectivity index (χ3v) is 3.65. The first-order valence-corrected chi connectivity index (χ1v) is 6.78. The van der Waals surface area contributed by atoms with E-state index in [2.05, 4.69) is 22.0 Å². The van der Waals surface area contributed by atoms with Crippen LogP contribution in [0.1, 0.15) is 24.3 Å². The monoisotopic (exact) mass is 307 g/mol. The molecule has 2 rings (SSSR count). The second-order valence-electron chi connectivity index (χ2n) is 4.43. The number of hydrogen-bond acceptors (Lipinski definition) is 3. The van der Waals surface area contributed by atoms with Crippen LogP contribution in [0.4, 0.5) is 0 Å². The highest BCUT2D eigenvalue weighted by atomic mass is 79.9. The Morgan fingerprint density at radius 2 is 2.39 bits per heavy atom. The van der Waals surface area contributed by atoms with E-state index in [1.807, 2.05) is 24.3 Å². The van der Waals surface area contributed by atoms with Crippen molar-refractivity contribution in [3.05, 3.63) is 34.3 Å². The van der Waals surface area contributed by atoms with Crippen LogP contribution < -0.4 is 0 Å². The van der Waals surface area contributed by atoms with Crippen LogP contribution in [-0.4, -0.2) is 19.0 Å². The minimum Gasteiger partial charge on any atom is -0.381 e. The van der Waals surface area contributed by atoms with Gasteiger partial charge in [-0.05, 0) is 30.5 Å². The maximum Gasteiger partial charge on any atom is 0.159 e. The topological polar surface area (TPSA) is 50.1 Å². The van der Waals surface area contributed by atoms with Crippen LogP contribution in [0.5, 0.6) is 0 Å². The van der Waals surface area contributed by atoms with Gasteiger partial charge in [-0.2, -0.15) is 5.26 Å². The van der Waals surface area contributed by atoms with Gasteiger partial charge in [0.2, 0.25) is 0 Å². The Bertz CT molecular complexity index is 475. The number of nitrogens with zero attached hydrogens (tertiary/aromatic N) is 1. The van der Waals surface area contributed by atoms with Gasteiger partial charge in [0.15, 0.2) is 5.78 Å². The van der Waals surface area contributed by atoms with Gasteiger partial charge in [0.05, 0.1) is 12.7 Å². The first-order valence-electron chi connectivity index (χ1n) is 5.99. The minimum atomic E-state index is -0.686. The molecule has 1 saturated heterocycles. The molecule has 0 aromatic heterocycles. The van der Waals surface area contributed by atoms with Gasteiger partial charge in [-0.25, -0.2) is 0 Å². The maximum atomic E-state index is 12.3. The standard InChI is InChI=1S/C14H14BrNO2/c15-12-5-1-3-10(7-12)13(8-16)14(17)11-4-2-6-18-9-11/h1,3,5,7,11,13H,2,4,6,9H2. The van der Waals surface area contributed by atoms with Crippen molar-refractivity contribution in [1.29, 1.82) is 5.26 Å². The van der Waals surface area contributed by atoms with E-state index in [4.69, 9.17) is 4.74 Å². The molecule has 2 unspecified atom stereocenters. The van der Waals surface area contributed by atoms with E-state index in [0.29, 0.717) is 6.61 Å². The zero-order valence-corrected chi connectivity index (χ0v) is 11.5. The zero-order chi connectivity index (χ0) is 13.0. The Morgan fingerprint density at radius 3 is 3.00 bits per heavy atom. The van der Waals surface area contributed by atoms with Gasteiger partial charge in [-0.3, -0.25) is 4.79 Å². The maximum absolute atomic E-state index is 12.3. The van der Waals surface area contributed by atoms with E-state index in [1.165, 1.54) is 0 Å². The summed E-state index contributed by atoms with van der Waals surface area (Å²) in [5, 5.41) is 9.24. The lowest BCUT2D eigenvalue weighted by Crippen LogP contribution is -2.29. The van der Waals surface area contributed by atoms with Gasteiger partial charge < -0.3 is 4.74 Å². The van der Waals surface area contributed by atoms with E-state index < -0.39 is 5.92 Å². The molecule has 1 aliphatic heterocycles. The number of nitriles is 1. The number of hydrogen-bond donors (Lipinski definition) is 0. The number of benzene rings is 1. The fourth-order valence-electron chi connectivity index (χ4n) is 2.19. The number of carbonyl (C=O) groups is 1. The largest absolute Gasteiger partial charge is 0.381 e. The van der Waals surface area contributed by atoms with Gasteiger partial charge in [0.1, 0.15) is 5.92 Å². The first-order chi connectivity index (χ1) is 8.72. The molecule has 0 spiro atoms. The molecular weight excluding hydrogens is 294 g/mol. The second kappa shape index (κ2) is 6.12. The Balaban J connectivity index is 2.18. The molecule has 18 heavy (non-hydrogen) atoms. The summed E-state index contributed by atoms with van der Waals surface area (Å²) in [5.74, 6) is -0.841. The predicted octanol–water partition coefficient (Wildman–Crippen LogP) is 3.05. The van der Waals surface area contributed by atoms with Gasteiger partial charge in [-0.1, -0.05) is 28.1 Å². The molecule has 0 radical (unpaired) electrons. The molecule has 94 valence electrons. The average molecular weight is 308 g/mol. The van der Waals surface area contributed by atoms with Gasteiger partial charge in [0.25, 0.3) is 0 Å². The summed E-state index contributed by atoms with van der Waals surface area (Å²) < 4.78 is 6.20. The van der Waals surface area contributed by atoms with Crippen LogP contribution in [0.25, 0.3) is 0 Å². The summed E-state index contributed by atoms with van der Waals surface area (Å²) in [5.41, 5.74) is 0.752. The molecule has 1 aromatic rings. The van der Waals surface area contributed by atoms with Gasteiger partial charge in [0, 0.05) is 17.0 Å². The van der Waals surface area contributed by atoms with E-state index in [-0.39, 0.29) is 11.7 Å². The lowest BCUT2D eigenvalue weighted by Gasteiger charge is -2.22. The van der Waals surface area contributed by atoms with Crippen LogP contribution in [0.2, 0.25) is 0 Å². The molecule has 0 amide bonds. The van der Waals surface area contributed by atoms with Crippen LogP contribution in [-0.2, 0) is 9.53 Å². The van der Waals surface area contributed by atoms with Crippen molar-refractivity contribution in [3.63, 3.8) is 0 Å². The summed E-state index contributed by atoms with van der Waals surface area (Å²) in [6.45, 7) is 1.17. The van der Waals surface area contributed by atoms with Crippen molar-refractivity contribution < 1.29 is 9.53 Å². The van der Waals surface area contributed by atoms with Crippen molar-refractivity contribution in [2.75, 3.05) is 13.2 Å². The minimum absolute atomic E-state index is 0.0182. The summed E-state index contributed by atoms with van der Waals surface area (Å²) in [6, 6.07) is 9.49. The molecule has 1 fully saturated rings. The number of Topliss-reactive ketones (excluding diaryl/α,β-unsaturated/α-hetero) is 1. The number of ketones is 1. The first kappa shape index (κ1) is 13.3. The van der Waals surface area contributed by atoms with Crippen LogP contribution in [0.3, 0.4) is 0 Å². The molecule has 0 aliphatic carbocycles. The summed E-state index contributed by atoms with van der Waals surface area (Å²) >= 11 is 3.36. The molecule has 4 heteroatoms. The van der Waals surface area contributed by atoms with Crippen LogP contribution >= 0.6 is 15.9 Å². The van der Waals surface area contributed by atoms with Crippen molar-refractivity contribution in [3.8, 4) is 6.07 Å². The molecule has 2 atom stereocenters. The molecule has 1 aromatic carbocycles. The third-order valence-electron chi connectivity index (χ3n) is 3.16. The smallest absolute Gasteiger partial charge is 0.159 e. The highest BCUT2D eigenvalue weighted by molar-refractivity contribution is 9.10. The van der Waals surface area contributed by atoms with Gasteiger partial charge >= 0.3 is 0 Å². The van der Waals surface area contributed by atoms with Crippen LogP contribution in [0, 0.1) is 17.2 Å². The zero-order valence-electron chi connectivity index (χ0n) is 9.93. The average Bonchev–Trinajstić information content (AvgIpc) is 2.40. The van der Waals surface area contributed by atoms with E-state index in [9.17, 15) is 10.1 Å². The van der Waals surface area contributed by atoms with Crippen LogP contribution in [0.15, 0.2) is 28.7 Å². The fourth-order valence-corrected chi connectivity index (χ4v) is 2.61. The third kappa shape index (κ3) is 2.98. The number of rotatable bonds is 3. The Kier molecular flexibility index (Phi) is 4.51. The molecular formula is C14H14BrNO2. The highest BCUT2D eigenvalue weighted by Crippen LogP contribution is 2.26. The van der Waals surface area contributed by atoms with Crippen molar-refractivity contribution in [2.45, 2.75) is 18.8 Å². The molecule has 0 bridgehead atoms. The summed E-state index contributed by atoms with van der Waals surface area (Å²) in [4.78, 5) is 12.3. The second-order valence-corrected chi connectivity index (χ2v) is 5.35. The quantitative estimate of drug-likeness (QED) is 0.862. The predicted molar refractivity (Wildman–Crippen MR) is 71.0 cm³/mol. The number of carbonyl (C=O) groups excluding carboxylic acids is 1. The molecule has 0 N–H and O–H groups in total. The van der Waals surface area contributed by atoms with Crippen molar-refractivity contribution >= 4 is 21.7 Å². The van der Waals surface area contributed by atoms with E-state index >= 15 is 0 Å².